The van der Waals surface area contributed by atoms with Gasteiger partial charge in [-0.25, -0.2) is 4.98 Å². The van der Waals surface area contributed by atoms with Crippen LogP contribution in [-0.2, 0) is 11.3 Å². The van der Waals surface area contributed by atoms with Crippen LogP contribution < -0.4 is 0 Å². The van der Waals surface area contributed by atoms with Gasteiger partial charge in [-0.3, -0.25) is 4.79 Å². The molecule has 5 nitrogen and oxygen atoms in total. The summed E-state index contributed by atoms with van der Waals surface area (Å²) in [4.78, 5) is 19.6. The van der Waals surface area contributed by atoms with Crippen LogP contribution in [0.25, 0.3) is 33.5 Å². The standard InChI is InChI=1S/C28H26BrN3O2/c29-24-5-2-6-25-26(24)32(17-18-13-14-31(16-18)28(34)21-11-12-21)27(30-25)20-9-7-19(8-10-20)22-3-1-4-23(33)15-22/h1-10,15,18,21,33H,11-14,16-17H2/t18-/m0/s1. The first-order valence-electron chi connectivity index (χ1n) is 11.9. The number of phenols is 1. The van der Waals surface area contributed by atoms with Crippen molar-refractivity contribution >= 4 is 32.9 Å². The number of imidazole rings is 1. The van der Waals surface area contributed by atoms with Crippen LogP contribution in [0, 0.1) is 11.8 Å². The minimum atomic E-state index is 0.263. The van der Waals surface area contributed by atoms with Crippen LogP contribution in [0.4, 0.5) is 0 Å². The maximum Gasteiger partial charge on any atom is 0.225 e. The summed E-state index contributed by atoms with van der Waals surface area (Å²) in [5.41, 5.74) is 5.14. The third kappa shape index (κ3) is 4.00. The molecule has 2 heterocycles. The molecule has 6 heteroatoms. The summed E-state index contributed by atoms with van der Waals surface area (Å²) >= 11 is 3.75. The zero-order valence-corrected chi connectivity index (χ0v) is 20.4. The second-order valence-electron chi connectivity index (χ2n) is 9.49. The van der Waals surface area contributed by atoms with Crippen molar-refractivity contribution in [3.63, 3.8) is 0 Å². The molecule has 1 amide bonds. The number of halogens is 1. The Morgan fingerprint density at radius 1 is 0.971 bits per heavy atom. The second kappa shape index (κ2) is 8.58. The fourth-order valence-electron chi connectivity index (χ4n) is 5.07. The molecule has 4 aromatic rings. The monoisotopic (exact) mass is 515 g/mol. The van der Waals surface area contributed by atoms with Gasteiger partial charge in [-0.1, -0.05) is 42.5 Å². The van der Waals surface area contributed by atoms with Crippen molar-refractivity contribution in [2.75, 3.05) is 13.1 Å². The third-order valence-corrected chi connectivity index (χ3v) is 7.64. The molecule has 34 heavy (non-hydrogen) atoms. The van der Waals surface area contributed by atoms with E-state index >= 15 is 0 Å². The van der Waals surface area contributed by atoms with E-state index in [1.54, 1.807) is 12.1 Å². The Bertz CT molecular complexity index is 1370. The summed E-state index contributed by atoms with van der Waals surface area (Å²) < 4.78 is 3.35. The highest BCUT2D eigenvalue weighted by molar-refractivity contribution is 9.10. The third-order valence-electron chi connectivity index (χ3n) is 7.00. The fourth-order valence-corrected chi connectivity index (χ4v) is 5.64. The lowest BCUT2D eigenvalue weighted by Gasteiger charge is -2.18. The lowest BCUT2D eigenvalue weighted by molar-refractivity contribution is -0.131. The van der Waals surface area contributed by atoms with Gasteiger partial charge in [0.2, 0.25) is 5.91 Å². The number of rotatable bonds is 5. The van der Waals surface area contributed by atoms with Gasteiger partial charge in [-0.05, 0) is 76.5 Å². The van der Waals surface area contributed by atoms with E-state index < -0.39 is 0 Å². The molecular formula is C28H26BrN3O2. The Kier molecular flexibility index (Phi) is 5.41. The normalized spacial score (nSPS) is 18.0. The molecule has 6 rings (SSSR count). The number of fused-ring (bicyclic) bond motifs is 1. The van der Waals surface area contributed by atoms with E-state index in [1.165, 1.54) is 0 Å². The van der Waals surface area contributed by atoms with E-state index in [2.05, 4.69) is 61.8 Å². The van der Waals surface area contributed by atoms with E-state index in [0.717, 1.165) is 76.9 Å². The van der Waals surface area contributed by atoms with Crippen molar-refractivity contribution in [3.05, 3.63) is 71.2 Å². The quantitative estimate of drug-likeness (QED) is 0.349. The second-order valence-corrected chi connectivity index (χ2v) is 10.3. The predicted octanol–water partition coefficient (Wildman–Crippen LogP) is 6.10. The first kappa shape index (κ1) is 21.4. The van der Waals surface area contributed by atoms with E-state index in [-0.39, 0.29) is 11.7 Å². The highest BCUT2D eigenvalue weighted by Crippen LogP contribution is 2.35. The zero-order chi connectivity index (χ0) is 23.2. The zero-order valence-electron chi connectivity index (χ0n) is 18.8. The number of phenolic OH excluding ortho intramolecular Hbond substituents is 1. The van der Waals surface area contributed by atoms with Crippen LogP contribution in [0.5, 0.6) is 5.75 Å². The topological polar surface area (TPSA) is 58.4 Å². The molecule has 3 aromatic carbocycles. The number of nitrogens with zero attached hydrogens (tertiary/aromatic N) is 3. The number of hydrogen-bond donors (Lipinski definition) is 1. The predicted molar refractivity (Wildman–Crippen MR) is 137 cm³/mol. The molecule has 0 unspecified atom stereocenters. The molecule has 0 spiro atoms. The van der Waals surface area contributed by atoms with E-state index in [1.807, 2.05) is 18.2 Å². The smallest absolute Gasteiger partial charge is 0.225 e. The minimum absolute atomic E-state index is 0.263. The number of aromatic nitrogens is 2. The van der Waals surface area contributed by atoms with Gasteiger partial charge in [-0.15, -0.1) is 0 Å². The van der Waals surface area contributed by atoms with Gasteiger partial charge in [0.15, 0.2) is 0 Å². The average molecular weight is 516 g/mol. The van der Waals surface area contributed by atoms with Crippen molar-refractivity contribution < 1.29 is 9.90 Å². The first-order valence-corrected chi connectivity index (χ1v) is 12.7. The fraction of sp³-hybridized carbons (Fsp3) is 0.286. The molecule has 1 saturated carbocycles. The summed E-state index contributed by atoms with van der Waals surface area (Å²) in [7, 11) is 0. The van der Waals surface area contributed by atoms with Gasteiger partial charge in [0, 0.05) is 35.6 Å². The van der Waals surface area contributed by atoms with Crippen LogP contribution >= 0.6 is 15.9 Å². The van der Waals surface area contributed by atoms with Crippen molar-refractivity contribution in [3.8, 4) is 28.3 Å². The number of benzene rings is 3. The largest absolute Gasteiger partial charge is 0.508 e. The Morgan fingerprint density at radius 2 is 1.74 bits per heavy atom. The summed E-state index contributed by atoms with van der Waals surface area (Å²) in [6.45, 7) is 2.52. The lowest BCUT2D eigenvalue weighted by Crippen LogP contribution is -2.30. The molecular weight excluding hydrogens is 490 g/mol. The SMILES string of the molecule is O=C(C1CC1)N1CC[C@H](Cn2c(-c3ccc(-c4cccc(O)c4)cc3)nc3cccc(Br)c32)C1. The van der Waals surface area contributed by atoms with Crippen molar-refractivity contribution in [2.45, 2.75) is 25.8 Å². The molecule has 172 valence electrons. The molecule has 1 saturated heterocycles. The summed E-state index contributed by atoms with van der Waals surface area (Å²) in [6, 6.07) is 21.8. The number of likely N-dealkylation sites (tertiary alicyclic amines) is 1. The summed E-state index contributed by atoms with van der Waals surface area (Å²) in [5, 5.41) is 9.83. The molecule has 1 aromatic heterocycles. The van der Waals surface area contributed by atoms with Crippen molar-refractivity contribution in [1.82, 2.24) is 14.5 Å². The van der Waals surface area contributed by atoms with Crippen LogP contribution in [0.3, 0.4) is 0 Å². The van der Waals surface area contributed by atoms with Crippen LogP contribution in [-0.4, -0.2) is 38.6 Å². The van der Waals surface area contributed by atoms with Gasteiger partial charge in [0.1, 0.15) is 11.6 Å². The van der Waals surface area contributed by atoms with Gasteiger partial charge in [0.05, 0.1) is 11.0 Å². The number of para-hydroxylation sites is 1. The van der Waals surface area contributed by atoms with Crippen molar-refractivity contribution in [2.24, 2.45) is 11.8 Å². The molecule has 1 aliphatic carbocycles. The van der Waals surface area contributed by atoms with Crippen LogP contribution in [0.1, 0.15) is 19.3 Å². The number of carbonyl (C=O) groups is 1. The summed E-state index contributed by atoms with van der Waals surface area (Å²) in [5.74, 6) is 2.25. The Labute approximate surface area is 207 Å². The summed E-state index contributed by atoms with van der Waals surface area (Å²) in [6.07, 6.45) is 3.14. The molecule has 0 radical (unpaired) electrons. The van der Waals surface area contributed by atoms with Crippen molar-refractivity contribution in [1.29, 1.82) is 0 Å². The van der Waals surface area contributed by atoms with Gasteiger partial charge < -0.3 is 14.6 Å². The van der Waals surface area contributed by atoms with Crippen LogP contribution in [0.2, 0.25) is 0 Å². The Balaban J connectivity index is 1.33. The maximum absolute atomic E-state index is 12.6. The molecule has 2 fully saturated rings. The number of amides is 1. The van der Waals surface area contributed by atoms with Crippen LogP contribution in [0.15, 0.2) is 71.2 Å². The van der Waals surface area contributed by atoms with Gasteiger partial charge in [-0.2, -0.15) is 0 Å². The Morgan fingerprint density at radius 3 is 2.50 bits per heavy atom. The highest BCUT2D eigenvalue weighted by atomic mass is 79.9. The maximum atomic E-state index is 12.6. The number of carbonyl (C=O) groups excluding carboxylic acids is 1. The van der Waals surface area contributed by atoms with E-state index in [0.29, 0.717) is 11.8 Å². The molecule has 1 atom stereocenters. The minimum Gasteiger partial charge on any atom is -0.508 e. The van der Waals surface area contributed by atoms with Gasteiger partial charge in [0.25, 0.3) is 0 Å². The number of hydrogen-bond acceptors (Lipinski definition) is 3. The van der Waals surface area contributed by atoms with E-state index in [9.17, 15) is 9.90 Å². The number of aromatic hydroxyl groups is 1. The molecule has 1 N–H and O–H groups in total. The highest BCUT2D eigenvalue weighted by Gasteiger charge is 2.36. The molecule has 2 aliphatic rings. The average Bonchev–Trinajstić information content (AvgIpc) is 3.48. The Hall–Kier alpha value is -3.12. The van der Waals surface area contributed by atoms with Gasteiger partial charge >= 0.3 is 0 Å². The lowest BCUT2D eigenvalue weighted by atomic mass is 10.0. The molecule has 0 bridgehead atoms. The first-order chi connectivity index (χ1) is 16.6. The van der Waals surface area contributed by atoms with E-state index in [4.69, 9.17) is 4.98 Å². The molecule has 1 aliphatic heterocycles.